The zero-order valence-electron chi connectivity index (χ0n) is 11.9. The average molecular weight is 261 g/mol. The number of methoxy groups -OCH3 is 1. The molecule has 0 amide bonds. The van der Waals surface area contributed by atoms with E-state index in [9.17, 15) is 0 Å². The molecule has 1 aliphatic carbocycles. The number of hydrogen-bond donors (Lipinski definition) is 1. The van der Waals surface area contributed by atoms with E-state index in [1.54, 1.807) is 7.11 Å². The Morgan fingerprint density at radius 2 is 2.26 bits per heavy atom. The Kier molecular flexibility index (Phi) is 3.71. The lowest BCUT2D eigenvalue weighted by atomic mass is 10.2. The Bertz CT molecular complexity index is 445. The van der Waals surface area contributed by atoms with Crippen LogP contribution in [0.3, 0.4) is 0 Å². The summed E-state index contributed by atoms with van der Waals surface area (Å²) in [6, 6.07) is 3.01. The van der Waals surface area contributed by atoms with Crippen LogP contribution in [0.1, 0.15) is 30.4 Å². The molecule has 1 aromatic heterocycles. The fourth-order valence-corrected chi connectivity index (χ4v) is 2.72. The molecule has 0 aromatic carbocycles. The fourth-order valence-electron chi connectivity index (χ4n) is 2.72. The van der Waals surface area contributed by atoms with Crippen LogP contribution < -0.4 is 10.2 Å². The van der Waals surface area contributed by atoms with Crippen LogP contribution in [0.5, 0.6) is 0 Å². The van der Waals surface area contributed by atoms with Gasteiger partial charge in [-0.3, -0.25) is 0 Å². The topological polar surface area (TPSA) is 37.4 Å². The van der Waals surface area contributed by atoms with E-state index in [0.29, 0.717) is 6.10 Å². The molecule has 2 aliphatic rings. The van der Waals surface area contributed by atoms with Crippen molar-refractivity contribution in [3.63, 3.8) is 0 Å². The summed E-state index contributed by atoms with van der Waals surface area (Å²) in [5.41, 5.74) is 2.56. The molecule has 1 aromatic rings. The molecule has 104 valence electrons. The Morgan fingerprint density at radius 1 is 1.42 bits per heavy atom. The molecule has 0 spiro atoms. The molecule has 1 saturated carbocycles. The standard InChI is InChI=1S/C15H23N3O/c1-11-7-12(8-16-13-3-4-13)9-17-15(11)18-6-5-14(10-18)19-2/h7,9,13-14,16H,3-6,8,10H2,1-2H3. The Hall–Kier alpha value is -1.13. The summed E-state index contributed by atoms with van der Waals surface area (Å²) in [5, 5.41) is 3.53. The Labute approximate surface area is 115 Å². The van der Waals surface area contributed by atoms with E-state index in [1.165, 1.54) is 24.0 Å². The van der Waals surface area contributed by atoms with E-state index in [-0.39, 0.29) is 0 Å². The summed E-state index contributed by atoms with van der Waals surface area (Å²) in [6.07, 6.45) is 6.13. The molecule has 1 atom stereocenters. The van der Waals surface area contributed by atoms with Gasteiger partial charge in [0, 0.05) is 39.0 Å². The second kappa shape index (κ2) is 5.47. The smallest absolute Gasteiger partial charge is 0.131 e. The van der Waals surface area contributed by atoms with Gasteiger partial charge >= 0.3 is 0 Å². The van der Waals surface area contributed by atoms with Gasteiger partial charge in [0.25, 0.3) is 0 Å². The SMILES string of the molecule is COC1CCN(c2ncc(CNC3CC3)cc2C)C1. The summed E-state index contributed by atoms with van der Waals surface area (Å²) in [6.45, 7) is 5.11. The van der Waals surface area contributed by atoms with Gasteiger partial charge in [-0.05, 0) is 43.4 Å². The van der Waals surface area contributed by atoms with Gasteiger partial charge in [-0.15, -0.1) is 0 Å². The van der Waals surface area contributed by atoms with Gasteiger partial charge in [-0.2, -0.15) is 0 Å². The zero-order valence-corrected chi connectivity index (χ0v) is 11.9. The van der Waals surface area contributed by atoms with Crippen LogP contribution in [0.25, 0.3) is 0 Å². The van der Waals surface area contributed by atoms with Crippen molar-refractivity contribution in [3.8, 4) is 0 Å². The van der Waals surface area contributed by atoms with E-state index < -0.39 is 0 Å². The maximum absolute atomic E-state index is 5.42. The number of anilines is 1. The molecule has 1 N–H and O–H groups in total. The second-order valence-corrected chi connectivity index (χ2v) is 5.73. The van der Waals surface area contributed by atoms with E-state index in [2.05, 4.69) is 28.2 Å². The molecule has 0 bridgehead atoms. The summed E-state index contributed by atoms with van der Waals surface area (Å²) >= 11 is 0. The van der Waals surface area contributed by atoms with Crippen molar-refractivity contribution in [2.45, 2.75) is 44.9 Å². The first-order valence-corrected chi connectivity index (χ1v) is 7.23. The molecule has 0 radical (unpaired) electrons. The predicted molar refractivity (Wildman–Crippen MR) is 76.5 cm³/mol. The summed E-state index contributed by atoms with van der Waals surface area (Å²) in [4.78, 5) is 6.99. The third kappa shape index (κ3) is 3.07. The molecular formula is C15H23N3O. The van der Waals surface area contributed by atoms with Gasteiger partial charge in [0.15, 0.2) is 0 Å². The summed E-state index contributed by atoms with van der Waals surface area (Å²) in [7, 11) is 1.79. The molecule has 3 rings (SSSR count). The highest BCUT2D eigenvalue weighted by Gasteiger charge is 2.24. The van der Waals surface area contributed by atoms with Crippen molar-refractivity contribution in [2.24, 2.45) is 0 Å². The normalized spacial score (nSPS) is 23.1. The maximum atomic E-state index is 5.42. The lowest BCUT2D eigenvalue weighted by Gasteiger charge is -2.20. The van der Waals surface area contributed by atoms with Crippen LogP contribution in [0, 0.1) is 6.92 Å². The van der Waals surface area contributed by atoms with Crippen molar-refractivity contribution in [2.75, 3.05) is 25.1 Å². The van der Waals surface area contributed by atoms with Crippen LogP contribution in [0.15, 0.2) is 12.3 Å². The van der Waals surface area contributed by atoms with E-state index >= 15 is 0 Å². The third-order valence-electron chi connectivity index (χ3n) is 4.06. The van der Waals surface area contributed by atoms with Crippen LogP contribution in [0.2, 0.25) is 0 Å². The van der Waals surface area contributed by atoms with Gasteiger partial charge in [-0.1, -0.05) is 0 Å². The van der Waals surface area contributed by atoms with Crippen LogP contribution in [-0.4, -0.2) is 37.3 Å². The van der Waals surface area contributed by atoms with Crippen molar-refractivity contribution < 1.29 is 4.74 Å². The summed E-state index contributed by atoms with van der Waals surface area (Å²) < 4.78 is 5.42. The first-order valence-electron chi connectivity index (χ1n) is 7.23. The number of rotatable bonds is 5. The highest BCUT2D eigenvalue weighted by atomic mass is 16.5. The number of nitrogens with one attached hydrogen (secondary N) is 1. The predicted octanol–water partition coefficient (Wildman–Crippen LogP) is 1.87. The van der Waals surface area contributed by atoms with E-state index in [4.69, 9.17) is 4.74 Å². The minimum absolute atomic E-state index is 0.359. The molecule has 1 aliphatic heterocycles. The largest absolute Gasteiger partial charge is 0.380 e. The molecule has 1 saturated heterocycles. The number of aromatic nitrogens is 1. The zero-order chi connectivity index (χ0) is 13.2. The summed E-state index contributed by atoms with van der Waals surface area (Å²) in [5.74, 6) is 1.12. The lowest BCUT2D eigenvalue weighted by molar-refractivity contribution is 0.121. The lowest BCUT2D eigenvalue weighted by Crippen LogP contribution is -2.24. The second-order valence-electron chi connectivity index (χ2n) is 5.73. The van der Waals surface area contributed by atoms with Gasteiger partial charge in [0.1, 0.15) is 5.82 Å². The fraction of sp³-hybridized carbons (Fsp3) is 0.667. The quantitative estimate of drug-likeness (QED) is 0.878. The monoisotopic (exact) mass is 261 g/mol. The molecule has 4 nitrogen and oxygen atoms in total. The number of hydrogen-bond acceptors (Lipinski definition) is 4. The van der Waals surface area contributed by atoms with Crippen LogP contribution in [0.4, 0.5) is 5.82 Å². The molecule has 2 fully saturated rings. The number of aryl methyl sites for hydroxylation is 1. The Morgan fingerprint density at radius 3 is 2.89 bits per heavy atom. The van der Waals surface area contributed by atoms with Crippen LogP contribution in [-0.2, 0) is 11.3 Å². The first-order chi connectivity index (χ1) is 9.26. The molecular weight excluding hydrogens is 238 g/mol. The van der Waals surface area contributed by atoms with Crippen molar-refractivity contribution in [1.82, 2.24) is 10.3 Å². The average Bonchev–Trinajstić information content (AvgIpc) is 3.13. The Balaban J connectivity index is 1.65. The number of nitrogens with zero attached hydrogens (tertiary/aromatic N) is 2. The van der Waals surface area contributed by atoms with Gasteiger partial charge in [-0.25, -0.2) is 4.98 Å². The van der Waals surface area contributed by atoms with E-state index in [1.807, 2.05) is 6.20 Å². The van der Waals surface area contributed by atoms with Crippen molar-refractivity contribution in [3.05, 3.63) is 23.4 Å². The first kappa shape index (κ1) is 12.9. The molecule has 2 heterocycles. The molecule has 19 heavy (non-hydrogen) atoms. The highest BCUT2D eigenvalue weighted by molar-refractivity contribution is 5.48. The van der Waals surface area contributed by atoms with Crippen molar-refractivity contribution >= 4 is 5.82 Å². The molecule has 4 heteroatoms. The maximum Gasteiger partial charge on any atom is 0.131 e. The van der Waals surface area contributed by atoms with Crippen LogP contribution >= 0.6 is 0 Å². The van der Waals surface area contributed by atoms with E-state index in [0.717, 1.165) is 37.9 Å². The minimum atomic E-state index is 0.359. The minimum Gasteiger partial charge on any atom is -0.380 e. The highest BCUT2D eigenvalue weighted by Crippen LogP contribution is 2.24. The number of ether oxygens (including phenoxy) is 1. The van der Waals surface area contributed by atoms with Gasteiger partial charge in [0.2, 0.25) is 0 Å². The van der Waals surface area contributed by atoms with Gasteiger partial charge in [0.05, 0.1) is 6.10 Å². The van der Waals surface area contributed by atoms with Gasteiger partial charge < -0.3 is 15.0 Å². The molecule has 1 unspecified atom stereocenters. The number of pyridine rings is 1. The van der Waals surface area contributed by atoms with Crippen molar-refractivity contribution in [1.29, 1.82) is 0 Å². The third-order valence-corrected chi connectivity index (χ3v) is 4.06.